The van der Waals surface area contributed by atoms with Gasteiger partial charge in [-0.15, -0.1) is 0 Å². The van der Waals surface area contributed by atoms with E-state index in [0.29, 0.717) is 13.1 Å². The fourth-order valence-corrected chi connectivity index (χ4v) is 3.11. The number of benzene rings is 1. The van der Waals surface area contributed by atoms with Crippen LogP contribution in [0.2, 0.25) is 5.02 Å². The summed E-state index contributed by atoms with van der Waals surface area (Å²) < 4.78 is 0. The average molecular weight is 345 g/mol. The number of urea groups is 1. The Kier molecular flexibility index (Phi) is 5.20. The van der Waals surface area contributed by atoms with Crippen LogP contribution in [0.25, 0.3) is 0 Å². The molecule has 1 aromatic carbocycles. The lowest BCUT2D eigenvalue weighted by molar-refractivity contribution is 0.191. The van der Waals surface area contributed by atoms with Crippen molar-refractivity contribution < 1.29 is 4.79 Å². The van der Waals surface area contributed by atoms with Crippen LogP contribution in [0.15, 0.2) is 48.8 Å². The van der Waals surface area contributed by atoms with Crippen molar-refractivity contribution in [2.24, 2.45) is 0 Å². The van der Waals surface area contributed by atoms with Gasteiger partial charge in [-0.2, -0.15) is 0 Å². The number of hydrogen-bond donors (Lipinski definition) is 1. The molecular weight excluding hydrogens is 324 g/mol. The van der Waals surface area contributed by atoms with Gasteiger partial charge < -0.3 is 15.1 Å². The highest BCUT2D eigenvalue weighted by molar-refractivity contribution is 6.33. The lowest BCUT2D eigenvalue weighted by Crippen LogP contribution is -2.52. The van der Waals surface area contributed by atoms with E-state index in [-0.39, 0.29) is 12.1 Å². The number of carbonyl (C=O) groups is 1. The number of amides is 2. The molecule has 0 bridgehead atoms. The third-order valence-electron chi connectivity index (χ3n) is 4.28. The number of nitrogens with one attached hydrogen (secondary N) is 1. The van der Waals surface area contributed by atoms with E-state index < -0.39 is 0 Å². The number of anilines is 1. The molecule has 24 heavy (non-hydrogen) atoms. The number of nitrogens with zero attached hydrogens (tertiary/aromatic N) is 3. The van der Waals surface area contributed by atoms with Gasteiger partial charge in [-0.3, -0.25) is 4.98 Å². The van der Waals surface area contributed by atoms with Crippen molar-refractivity contribution in [1.82, 2.24) is 15.2 Å². The Labute approximate surface area is 147 Å². The van der Waals surface area contributed by atoms with Crippen LogP contribution in [-0.4, -0.2) is 42.1 Å². The third-order valence-corrected chi connectivity index (χ3v) is 4.60. The maximum atomic E-state index is 12.4. The standard InChI is InChI=1S/C18H21ClN4O/c1-14(15-5-4-8-20-13-15)21-18(24)23-11-9-22(10-12-23)17-7-3-2-6-16(17)19/h2-8,13-14H,9-12H2,1H3,(H,21,24)/t14-/m0/s1. The minimum atomic E-state index is -0.0622. The molecule has 0 radical (unpaired) electrons. The molecule has 2 amide bonds. The molecule has 1 fully saturated rings. The van der Waals surface area contributed by atoms with Gasteiger partial charge in [-0.05, 0) is 30.7 Å². The number of para-hydroxylation sites is 1. The zero-order chi connectivity index (χ0) is 16.9. The van der Waals surface area contributed by atoms with Gasteiger partial charge in [0, 0.05) is 38.6 Å². The summed E-state index contributed by atoms with van der Waals surface area (Å²) in [5.41, 5.74) is 2.03. The number of pyridine rings is 1. The van der Waals surface area contributed by atoms with E-state index in [1.165, 1.54) is 0 Å². The molecule has 1 aliphatic rings. The van der Waals surface area contributed by atoms with E-state index >= 15 is 0 Å². The number of rotatable bonds is 3. The molecule has 2 heterocycles. The second-order valence-corrected chi connectivity index (χ2v) is 6.29. The molecule has 3 rings (SSSR count). The van der Waals surface area contributed by atoms with Gasteiger partial charge in [0.05, 0.1) is 16.8 Å². The van der Waals surface area contributed by atoms with Crippen molar-refractivity contribution in [2.45, 2.75) is 13.0 Å². The maximum absolute atomic E-state index is 12.4. The molecule has 6 heteroatoms. The Morgan fingerprint density at radius 3 is 2.58 bits per heavy atom. The van der Waals surface area contributed by atoms with Gasteiger partial charge >= 0.3 is 6.03 Å². The average Bonchev–Trinajstić information content (AvgIpc) is 2.63. The Balaban J connectivity index is 1.55. The zero-order valence-electron chi connectivity index (χ0n) is 13.7. The lowest BCUT2D eigenvalue weighted by atomic mass is 10.1. The van der Waals surface area contributed by atoms with Crippen molar-refractivity contribution >= 4 is 23.3 Å². The summed E-state index contributed by atoms with van der Waals surface area (Å²) in [5, 5.41) is 3.78. The molecule has 0 saturated carbocycles. The largest absolute Gasteiger partial charge is 0.367 e. The minimum Gasteiger partial charge on any atom is -0.367 e. The van der Waals surface area contributed by atoms with Gasteiger partial charge in [-0.25, -0.2) is 4.79 Å². The summed E-state index contributed by atoms with van der Waals surface area (Å²) in [6, 6.07) is 11.6. The van der Waals surface area contributed by atoms with Crippen LogP contribution in [0.5, 0.6) is 0 Å². The first-order chi connectivity index (χ1) is 11.6. The Morgan fingerprint density at radius 1 is 1.17 bits per heavy atom. The second-order valence-electron chi connectivity index (χ2n) is 5.88. The molecular formula is C18H21ClN4O. The number of carbonyl (C=O) groups excluding carboxylic acids is 1. The predicted octanol–water partition coefficient (Wildman–Crippen LogP) is 3.33. The van der Waals surface area contributed by atoms with E-state index in [1.807, 2.05) is 48.2 Å². The highest BCUT2D eigenvalue weighted by Crippen LogP contribution is 2.26. The first-order valence-electron chi connectivity index (χ1n) is 8.10. The Bertz CT molecular complexity index is 686. The summed E-state index contributed by atoms with van der Waals surface area (Å²) in [7, 11) is 0. The van der Waals surface area contributed by atoms with Crippen molar-refractivity contribution in [1.29, 1.82) is 0 Å². The van der Waals surface area contributed by atoms with Crippen LogP contribution in [-0.2, 0) is 0 Å². The first kappa shape index (κ1) is 16.6. The van der Waals surface area contributed by atoms with E-state index in [0.717, 1.165) is 29.4 Å². The molecule has 1 saturated heterocycles. The maximum Gasteiger partial charge on any atom is 0.317 e. The second kappa shape index (κ2) is 7.53. The number of hydrogen-bond acceptors (Lipinski definition) is 3. The van der Waals surface area contributed by atoms with Gasteiger partial charge in [0.15, 0.2) is 0 Å². The molecule has 0 spiro atoms. The van der Waals surface area contributed by atoms with E-state index in [9.17, 15) is 4.79 Å². The zero-order valence-corrected chi connectivity index (χ0v) is 14.4. The Hall–Kier alpha value is -2.27. The lowest BCUT2D eigenvalue weighted by Gasteiger charge is -2.36. The quantitative estimate of drug-likeness (QED) is 0.929. The summed E-state index contributed by atoms with van der Waals surface area (Å²) in [4.78, 5) is 20.6. The first-order valence-corrected chi connectivity index (χ1v) is 8.48. The topological polar surface area (TPSA) is 48.5 Å². The summed E-state index contributed by atoms with van der Waals surface area (Å²) in [5.74, 6) is 0. The van der Waals surface area contributed by atoms with Gasteiger partial charge in [0.2, 0.25) is 0 Å². The van der Waals surface area contributed by atoms with Crippen LogP contribution in [0.4, 0.5) is 10.5 Å². The predicted molar refractivity (Wildman–Crippen MR) is 96.4 cm³/mol. The monoisotopic (exact) mass is 344 g/mol. The molecule has 2 aromatic rings. The van der Waals surface area contributed by atoms with Gasteiger partial charge in [-0.1, -0.05) is 29.8 Å². The Morgan fingerprint density at radius 2 is 1.92 bits per heavy atom. The van der Waals surface area contributed by atoms with Crippen molar-refractivity contribution in [2.75, 3.05) is 31.1 Å². The summed E-state index contributed by atoms with van der Waals surface area (Å²) in [6.07, 6.45) is 3.51. The van der Waals surface area contributed by atoms with E-state index in [4.69, 9.17) is 11.6 Å². The highest BCUT2D eigenvalue weighted by Gasteiger charge is 2.23. The smallest absolute Gasteiger partial charge is 0.317 e. The molecule has 5 nitrogen and oxygen atoms in total. The summed E-state index contributed by atoms with van der Waals surface area (Å²) in [6.45, 7) is 4.87. The van der Waals surface area contributed by atoms with Crippen LogP contribution in [0.1, 0.15) is 18.5 Å². The molecule has 1 N–H and O–H groups in total. The minimum absolute atomic E-state index is 0.0369. The fourth-order valence-electron chi connectivity index (χ4n) is 2.85. The molecule has 0 unspecified atom stereocenters. The van der Waals surface area contributed by atoms with Crippen LogP contribution < -0.4 is 10.2 Å². The summed E-state index contributed by atoms with van der Waals surface area (Å²) >= 11 is 6.25. The van der Waals surface area contributed by atoms with E-state index in [1.54, 1.807) is 12.4 Å². The van der Waals surface area contributed by atoms with Crippen LogP contribution in [0.3, 0.4) is 0 Å². The van der Waals surface area contributed by atoms with Gasteiger partial charge in [0.25, 0.3) is 0 Å². The van der Waals surface area contributed by atoms with Crippen molar-refractivity contribution in [3.63, 3.8) is 0 Å². The van der Waals surface area contributed by atoms with E-state index in [2.05, 4.69) is 15.2 Å². The molecule has 1 aromatic heterocycles. The van der Waals surface area contributed by atoms with Crippen molar-refractivity contribution in [3.8, 4) is 0 Å². The van der Waals surface area contributed by atoms with Crippen molar-refractivity contribution in [3.05, 3.63) is 59.4 Å². The van der Waals surface area contributed by atoms with Crippen LogP contribution in [0, 0.1) is 0 Å². The fraction of sp³-hybridized carbons (Fsp3) is 0.333. The molecule has 0 aliphatic carbocycles. The number of aromatic nitrogens is 1. The van der Waals surface area contributed by atoms with Gasteiger partial charge in [0.1, 0.15) is 0 Å². The third kappa shape index (κ3) is 3.79. The number of halogens is 1. The molecule has 1 aliphatic heterocycles. The molecule has 126 valence electrons. The highest BCUT2D eigenvalue weighted by atomic mass is 35.5. The normalized spacial score (nSPS) is 15.9. The SMILES string of the molecule is C[C@H](NC(=O)N1CCN(c2ccccc2Cl)CC1)c1cccnc1. The van der Waals surface area contributed by atoms with Crippen LogP contribution >= 0.6 is 11.6 Å². The molecule has 1 atom stereocenters. The number of piperazine rings is 1.